The molecule has 6 heteroatoms. The number of nitrogens with one attached hydrogen (secondary N) is 1. The van der Waals surface area contributed by atoms with Gasteiger partial charge in [0.1, 0.15) is 5.69 Å². The molecule has 1 aliphatic heterocycles. The number of pyridine rings is 1. The molecule has 1 aromatic heterocycles. The Morgan fingerprint density at radius 3 is 2.90 bits per heavy atom. The summed E-state index contributed by atoms with van der Waals surface area (Å²) >= 11 is 0. The molecule has 0 spiro atoms. The van der Waals surface area contributed by atoms with E-state index in [0.717, 1.165) is 19.5 Å². The van der Waals surface area contributed by atoms with Crippen LogP contribution in [-0.4, -0.2) is 52.5 Å². The average molecular weight is 277 g/mol. The van der Waals surface area contributed by atoms with Crippen molar-refractivity contribution in [3.05, 3.63) is 29.6 Å². The first-order chi connectivity index (χ1) is 9.61. The second-order valence-electron chi connectivity index (χ2n) is 4.87. The first-order valence-electron chi connectivity index (χ1n) is 6.83. The number of nitrogens with zero attached hydrogens (tertiary/aromatic N) is 2. The Morgan fingerprint density at radius 1 is 1.50 bits per heavy atom. The monoisotopic (exact) mass is 277 g/mol. The Kier molecular flexibility index (Phi) is 4.68. The van der Waals surface area contributed by atoms with Crippen LogP contribution in [0.4, 0.5) is 0 Å². The van der Waals surface area contributed by atoms with E-state index < -0.39 is 5.97 Å². The highest BCUT2D eigenvalue weighted by Gasteiger charge is 2.23. The van der Waals surface area contributed by atoms with E-state index in [9.17, 15) is 9.59 Å². The van der Waals surface area contributed by atoms with Gasteiger partial charge in [-0.05, 0) is 38.1 Å². The first kappa shape index (κ1) is 14.5. The highest BCUT2D eigenvalue weighted by molar-refractivity contribution is 5.94. The summed E-state index contributed by atoms with van der Waals surface area (Å²) in [6.07, 6.45) is 3.57. The van der Waals surface area contributed by atoms with E-state index in [2.05, 4.69) is 22.1 Å². The van der Waals surface area contributed by atoms with Crippen molar-refractivity contribution in [2.75, 3.05) is 19.6 Å². The van der Waals surface area contributed by atoms with Crippen molar-refractivity contribution in [2.24, 2.45) is 0 Å². The van der Waals surface area contributed by atoms with Gasteiger partial charge in [-0.1, -0.05) is 6.92 Å². The number of aromatic carboxylic acids is 1. The second-order valence-corrected chi connectivity index (χ2v) is 4.87. The van der Waals surface area contributed by atoms with Gasteiger partial charge < -0.3 is 10.4 Å². The van der Waals surface area contributed by atoms with Gasteiger partial charge in [0.2, 0.25) is 0 Å². The second kappa shape index (κ2) is 6.47. The fraction of sp³-hybridized carbons (Fsp3) is 0.500. The van der Waals surface area contributed by atoms with Crippen LogP contribution in [0.3, 0.4) is 0 Å². The van der Waals surface area contributed by atoms with E-state index in [0.29, 0.717) is 18.2 Å². The van der Waals surface area contributed by atoms with E-state index in [1.54, 1.807) is 0 Å². The number of aromatic nitrogens is 1. The molecule has 1 amide bonds. The summed E-state index contributed by atoms with van der Waals surface area (Å²) in [5.74, 6) is -1.31. The van der Waals surface area contributed by atoms with E-state index >= 15 is 0 Å². The number of hydrogen-bond acceptors (Lipinski definition) is 4. The molecule has 0 bridgehead atoms. The molecule has 0 saturated carbocycles. The predicted molar refractivity (Wildman–Crippen MR) is 73.8 cm³/mol. The van der Waals surface area contributed by atoms with Gasteiger partial charge in [-0.2, -0.15) is 0 Å². The highest BCUT2D eigenvalue weighted by Crippen LogP contribution is 2.15. The summed E-state index contributed by atoms with van der Waals surface area (Å²) < 4.78 is 0. The fourth-order valence-corrected chi connectivity index (χ4v) is 2.51. The molecule has 1 aromatic rings. The molecular weight excluding hydrogens is 258 g/mol. The summed E-state index contributed by atoms with van der Waals surface area (Å²) in [5.41, 5.74) is 0.325. The maximum Gasteiger partial charge on any atom is 0.354 e. The molecule has 1 fully saturated rings. The standard InChI is InChI=1S/C14H19N3O3/c1-2-17-7-3-4-11(17)9-16-13(18)10-5-6-12(14(19)20)15-8-10/h5-6,8,11H,2-4,7,9H2,1H3,(H,16,18)(H,19,20). The van der Waals surface area contributed by atoms with Crippen LogP contribution in [0.25, 0.3) is 0 Å². The van der Waals surface area contributed by atoms with Crippen LogP contribution in [0, 0.1) is 0 Å². The van der Waals surface area contributed by atoms with Crippen molar-refractivity contribution in [1.29, 1.82) is 0 Å². The molecule has 0 radical (unpaired) electrons. The van der Waals surface area contributed by atoms with Gasteiger partial charge in [0.05, 0.1) is 5.56 Å². The maximum absolute atomic E-state index is 12.0. The van der Waals surface area contributed by atoms with Crippen molar-refractivity contribution >= 4 is 11.9 Å². The maximum atomic E-state index is 12.0. The van der Waals surface area contributed by atoms with Gasteiger partial charge in [-0.15, -0.1) is 0 Å². The number of carboxylic acid groups (broad SMARTS) is 1. The summed E-state index contributed by atoms with van der Waals surface area (Å²) in [6.45, 7) is 4.82. The van der Waals surface area contributed by atoms with Crippen molar-refractivity contribution in [3.63, 3.8) is 0 Å². The van der Waals surface area contributed by atoms with Gasteiger partial charge in [0, 0.05) is 18.8 Å². The molecule has 2 heterocycles. The Morgan fingerprint density at radius 2 is 2.30 bits per heavy atom. The Bertz CT molecular complexity index is 487. The van der Waals surface area contributed by atoms with Gasteiger partial charge >= 0.3 is 5.97 Å². The lowest BCUT2D eigenvalue weighted by atomic mass is 10.2. The van der Waals surface area contributed by atoms with Crippen molar-refractivity contribution in [3.8, 4) is 0 Å². The van der Waals surface area contributed by atoms with Crippen LogP contribution in [-0.2, 0) is 0 Å². The molecule has 1 saturated heterocycles. The quantitative estimate of drug-likeness (QED) is 0.839. The fourth-order valence-electron chi connectivity index (χ4n) is 2.51. The Labute approximate surface area is 117 Å². The third-order valence-corrected chi connectivity index (χ3v) is 3.65. The third kappa shape index (κ3) is 3.33. The Hall–Kier alpha value is -1.95. The minimum atomic E-state index is -1.10. The molecule has 6 nitrogen and oxygen atoms in total. The summed E-state index contributed by atoms with van der Waals surface area (Å²) in [4.78, 5) is 28.7. The molecule has 1 atom stereocenters. The lowest BCUT2D eigenvalue weighted by molar-refractivity contribution is 0.0689. The van der Waals surface area contributed by atoms with E-state index in [-0.39, 0.29) is 11.6 Å². The minimum Gasteiger partial charge on any atom is -0.477 e. The van der Waals surface area contributed by atoms with E-state index in [1.165, 1.54) is 24.8 Å². The van der Waals surface area contributed by atoms with Gasteiger partial charge in [0.15, 0.2) is 0 Å². The number of rotatable bonds is 5. The van der Waals surface area contributed by atoms with Crippen LogP contribution < -0.4 is 5.32 Å². The van der Waals surface area contributed by atoms with Crippen LogP contribution in [0.5, 0.6) is 0 Å². The van der Waals surface area contributed by atoms with Crippen molar-refractivity contribution < 1.29 is 14.7 Å². The zero-order valence-corrected chi connectivity index (χ0v) is 11.5. The Balaban J connectivity index is 1.90. The van der Waals surface area contributed by atoms with Crippen molar-refractivity contribution in [1.82, 2.24) is 15.2 Å². The minimum absolute atomic E-state index is 0.0606. The number of hydrogen-bond donors (Lipinski definition) is 2. The van der Waals surface area contributed by atoms with Gasteiger partial charge in [-0.25, -0.2) is 9.78 Å². The van der Waals surface area contributed by atoms with Crippen LogP contribution >= 0.6 is 0 Å². The molecule has 1 unspecified atom stereocenters. The topological polar surface area (TPSA) is 82.5 Å². The number of carbonyl (C=O) groups is 2. The normalized spacial score (nSPS) is 18.9. The lowest BCUT2D eigenvalue weighted by Crippen LogP contribution is -2.40. The smallest absolute Gasteiger partial charge is 0.354 e. The van der Waals surface area contributed by atoms with E-state index in [4.69, 9.17) is 5.11 Å². The molecule has 1 aliphatic rings. The summed E-state index contributed by atoms with van der Waals surface area (Å²) in [5, 5.41) is 11.6. The number of likely N-dealkylation sites (tertiary alicyclic amines) is 1. The summed E-state index contributed by atoms with van der Waals surface area (Å²) in [6, 6.07) is 3.22. The van der Waals surface area contributed by atoms with Crippen LogP contribution in [0.1, 0.15) is 40.6 Å². The van der Waals surface area contributed by atoms with E-state index in [1.807, 2.05) is 0 Å². The van der Waals surface area contributed by atoms with Crippen LogP contribution in [0.2, 0.25) is 0 Å². The first-order valence-corrected chi connectivity index (χ1v) is 6.83. The molecule has 0 aliphatic carbocycles. The van der Waals surface area contributed by atoms with Gasteiger partial charge in [0.25, 0.3) is 5.91 Å². The SMILES string of the molecule is CCN1CCCC1CNC(=O)c1ccc(C(=O)O)nc1. The van der Waals surface area contributed by atoms with Crippen molar-refractivity contribution in [2.45, 2.75) is 25.8 Å². The number of likely N-dealkylation sites (N-methyl/N-ethyl adjacent to an activating group) is 1. The third-order valence-electron chi connectivity index (χ3n) is 3.65. The number of carbonyl (C=O) groups excluding carboxylic acids is 1. The molecule has 20 heavy (non-hydrogen) atoms. The zero-order valence-electron chi connectivity index (χ0n) is 11.5. The molecule has 0 aromatic carbocycles. The lowest BCUT2D eigenvalue weighted by Gasteiger charge is -2.22. The molecule has 2 rings (SSSR count). The molecular formula is C14H19N3O3. The average Bonchev–Trinajstić information content (AvgIpc) is 2.92. The summed E-state index contributed by atoms with van der Waals surface area (Å²) in [7, 11) is 0. The number of carboxylic acids is 1. The molecule has 108 valence electrons. The largest absolute Gasteiger partial charge is 0.477 e. The molecule has 2 N–H and O–H groups in total. The predicted octanol–water partition coefficient (Wildman–Crippen LogP) is 0.994. The number of amides is 1. The van der Waals surface area contributed by atoms with Crippen LogP contribution in [0.15, 0.2) is 18.3 Å². The highest BCUT2D eigenvalue weighted by atomic mass is 16.4. The zero-order chi connectivity index (χ0) is 14.5. The van der Waals surface area contributed by atoms with Gasteiger partial charge in [-0.3, -0.25) is 9.69 Å².